The number of rotatable bonds is 4. The molecule has 0 aromatic heterocycles. The molecule has 0 radical (unpaired) electrons. The highest BCUT2D eigenvalue weighted by Crippen LogP contribution is 2.01. The first-order chi connectivity index (χ1) is 9.36. The number of hydrogen-bond acceptors (Lipinski definition) is 1. The van der Waals surface area contributed by atoms with Crippen molar-refractivity contribution in [1.29, 1.82) is 0 Å². The van der Waals surface area contributed by atoms with Gasteiger partial charge >= 0.3 is 0 Å². The molecule has 2 aromatic carbocycles. The zero-order chi connectivity index (χ0) is 13.3. The second-order valence-corrected chi connectivity index (χ2v) is 3.97. The number of nitrogens with one attached hydrogen (secondary N) is 1. The van der Waals surface area contributed by atoms with Crippen LogP contribution in [0.4, 0.5) is 0 Å². The van der Waals surface area contributed by atoms with Gasteiger partial charge in [-0.2, -0.15) is 0 Å². The van der Waals surface area contributed by atoms with Gasteiger partial charge in [0, 0.05) is 11.8 Å². The van der Waals surface area contributed by atoms with Crippen molar-refractivity contribution in [3.8, 4) is 0 Å². The van der Waals surface area contributed by atoms with Crippen LogP contribution >= 0.6 is 0 Å². The molecule has 0 saturated heterocycles. The standard InChI is InChI=1S/C17H15NO/c19-17(16-12-5-2-6-13-16)18-14-8-7-11-15-9-3-1-4-10-15/h1-14H,(H,18,19)/b11-7+,14-8+. The van der Waals surface area contributed by atoms with Crippen LogP contribution in [0.5, 0.6) is 0 Å². The van der Waals surface area contributed by atoms with Crippen LogP contribution in [0.15, 0.2) is 79.0 Å². The molecule has 1 N–H and O–H groups in total. The Balaban J connectivity index is 1.84. The van der Waals surface area contributed by atoms with Crippen molar-refractivity contribution < 1.29 is 4.79 Å². The number of carbonyl (C=O) groups excluding carboxylic acids is 1. The summed E-state index contributed by atoms with van der Waals surface area (Å²) in [4.78, 5) is 11.7. The van der Waals surface area contributed by atoms with Crippen LogP contribution in [0.2, 0.25) is 0 Å². The Morgan fingerprint density at radius 1 is 0.842 bits per heavy atom. The first kappa shape index (κ1) is 12.8. The molecule has 0 aliphatic heterocycles. The minimum absolute atomic E-state index is 0.107. The summed E-state index contributed by atoms with van der Waals surface area (Å²) in [6.45, 7) is 0. The second-order valence-electron chi connectivity index (χ2n) is 3.97. The van der Waals surface area contributed by atoms with Gasteiger partial charge in [0.05, 0.1) is 0 Å². The Morgan fingerprint density at radius 3 is 2.16 bits per heavy atom. The molecule has 2 nitrogen and oxygen atoms in total. The maximum absolute atomic E-state index is 11.7. The van der Waals surface area contributed by atoms with Crippen LogP contribution in [-0.4, -0.2) is 5.91 Å². The monoisotopic (exact) mass is 249 g/mol. The molecule has 19 heavy (non-hydrogen) atoms. The number of allylic oxidation sites excluding steroid dienone is 2. The molecule has 0 spiro atoms. The van der Waals surface area contributed by atoms with Crippen LogP contribution in [0.1, 0.15) is 15.9 Å². The normalized spacial score (nSPS) is 10.9. The first-order valence-corrected chi connectivity index (χ1v) is 6.10. The number of benzene rings is 2. The van der Waals surface area contributed by atoms with Gasteiger partial charge in [0.15, 0.2) is 0 Å². The molecule has 0 atom stereocenters. The Hall–Kier alpha value is -2.61. The van der Waals surface area contributed by atoms with Crippen LogP contribution < -0.4 is 5.32 Å². The van der Waals surface area contributed by atoms with Crippen LogP contribution in [0.3, 0.4) is 0 Å². The summed E-state index contributed by atoms with van der Waals surface area (Å²) in [6.07, 6.45) is 7.30. The topological polar surface area (TPSA) is 29.1 Å². The van der Waals surface area contributed by atoms with Gasteiger partial charge in [-0.1, -0.05) is 60.7 Å². The van der Waals surface area contributed by atoms with Crippen molar-refractivity contribution in [2.24, 2.45) is 0 Å². The SMILES string of the molecule is O=C(N/C=C/C=C/c1ccccc1)c1ccccc1. The van der Waals surface area contributed by atoms with Crippen molar-refractivity contribution in [3.63, 3.8) is 0 Å². The molecular weight excluding hydrogens is 234 g/mol. The van der Waals surface area contributed by atoms with Crippen LogP contribution in [0.25, 0.3) is 6.08 Å². The third-order valence-corrected chi connectivity index (χ3v) is 2.55. The lowest BCUT2D eigenvalue weighted by molar-refractivity contribution is 0.0970. The van der Waals surface area contributed by atoms with Gasteiger partial charge < -0.3 is 5.32 Å². The maximum Gasteiger partial charge on any atom is 0.255 e. The van der Waals surface area contributed by atoms with Gasteiger partial charge in [-0.25, -0.2) is 0 Å². The predicted molar refractivity (Wildman–Crippen MR) is 78.5 cm³/mol. The minimum Gasteiger partial charge on any atom is -0.329 e. The summed E-state index contributed by atoms with van der Waals surface area (Å²) >= 11 is 0. The zero-order valence-electron chi connectivity index (χ0n) is 10.5. The molecule has 1 amide bonds. The maximum atomic E-state index is 11.7. The highest BCUT2D eigenvalue weighted by Gasteiger charge is 1.99. The predicted octanol–water partition coefficient (Wildman–Crippen LogP) is 3.64. The van der Waals surface area contributed by atoms with Gasteiger partial charge in [-0.15, -0.1) is 0 Å². The fraction of sp³-hybridized carbons (Fsp3) is 0. The number of amides is 1. The summed E-state index contributed by atoms with van der Waals surface area (Å²) in [7, 11) is 0. The van der Waals surface area contributed by atoms with Crippen molar-refractivity contribution in [2.75, 3.05) is 0 Å². The summed E-state index contributed by atoms with van der Waals surface area (Å²) < 4.78 is 0. The molecule has 2 rings (SSSR count). The molecule has 0 fully saturated rings. The van der Waals surface area contributed by atoms with Gasteiger partial charge in [0.1, 0.15) is 0 Å². The second kappa shape index (κ2) is 6.97. The Morgan fingerprint density at radius 2 is 1.47 bits per heavy atom. The molecule has 0 aliphatic rings. The molecule has 0 unspecified atom stereocenters. The lowest BCUT2D eigenvalue weighted by Gasteiger charge is -1.98. The highest BCUT2D eigenvalue weighted by molar-refractivity contribution is 5.94. The zero-order valence-corrected chi connectivity index (χ0v) is 10.5. The van der Waals surface area contributed by atoms with E-state index < -0.39 is 0 Å². The number of hydrogen-bond donors (Lipinski definition) is 1. The Labute approximate surface area is 113 Å². The quantitative estimate of drug-likeness (QED) is 0.823. The third-order valence-electron chi connectivity index (χ3n) is 2.55. The van der Waals surface area contributed by atoms with Crippen molar-refractivity contribution in [2.45, 2.75) is 0 Å². The van der Waals surface area contributed by atoms with Gasteiger partial charge in [0.25, 0.3) is 5.91 Å². The van der Waals surface area contributed by atoms with E-state index >= 15 is 0 Å². The molecule has 0 heterocycles. The summed E-state index contributed by atoms with van der Waals surface area (Å²) in [5.41, 5.74) is 1.78. The molecule has 0 saturated carbocycles. The third kappa shape index (κ3) is 4.28. The Bertz CT molecular complexity index is 571. The summed E-state index contributed by atoms with van der Waals surface area (Å²) in [5, 5.41) is 2.71. The molecule has 2 aromatic rings. The smallest absolute Gasteiger partial charge is 0.255 e. The van der Waals surface area contributed by atoms with Gasteiger partial charge in [0.2, 0.25) is 0 Å². The Kier molecular flexibility index (Phi) is 4.71. The molecule has 94 valence electrons. The van der Waals surface area contributed by atoms with Crippen LogP contribution in [-0.2, 0) is 0 Å². The van der Waals surface area contributed by atoms with E-state index in [1.54, 1.807) is 24.4 Å². The first-order valence-electron chi connectivity index (χ1n) is 6.10. The fourth-order valence-corrected chi connectivity index (χ4v) is 1.58. The lowest BCUT2D eigenvalue weighted by atomic mass is 10.2. The molecule has 2 heteroatoms. The largest absolute Gasteiger partial charge is 0.329 e. The number of carbonyl (C=O) groups is 1. The van der Waals surface area contributed by atoms with E-state index in [0.29, 0.717) is 5.56 Å². The molecule has 0 bridgehead atoms. The van der Waals surface area contributed by atoms with E-state index in [2.05, 4.69) is 5.32 Å². The van der Waals surface area contributed by atoms with Gasteiger partial charge in [-0.05, 0) is 23.8 Å². The van der Waals surface area contributed by atoms with Gasteiger partial charge in [-0.3, -0.25) is 4.79 Å². The molecular formula is C17H15NO. The van der Waals surface area contributed by atoms with E-state index in [4.69, 9.17) is 0 Å². The molecule has 0 aliphatic carbocycles. The van der Waals surface area contributed by atoms with Crippen molar-refractivity contribution >= 4 is 12.0 Å². The van der Waals surface area contributed by atoms with E-state index in [9.17, 15) is 4.79 Å². The van der Waals surface area contributed by atoms with E-state index in [1.807, 2.05) is 60.7 Å². The van der Waals surface area contributed by atoms with E-state index in [-0.39, 0.29) is 5.91 Å². The average Bonchev–Trinajstić information content (AvgIpc) is 2.49. The lowest BCUT2D eigenvalue weighted by Crippen LogP contribution is -2.16. The summed E-state index contributed by atoms with van der Waals surface area (Å²) in [6, 6.07) is 19.1. The average molecular weight is 249 g/mol. The van der Waals surface area contributed by atoms with E-state index in [1.165, 1.54) is 0 Å². The highest BCUT2D eigenvalue weighted by atomic mass is 16.1. The van der Waals surface area contributed by atoms with Crippen LogP contribution in [0, 0.1) is 0 Å². The minimum atomic E-state index is -0.107. The summed E-state index contributed by atoms with van der Waals surface area (Å²) in [5.74, 6) is -0.107. The van der Waals surface area contributed by atoms with E-state index in [0.717, 1.165) is 5.56 Å². The fourth-order valence-electron chi connectivity index (χ4n) is 1.58. The van der Waals surface area contributed by atoms with Crippen molar-refractivity contribution in [1.82, 2.24) is 5.32 Å². The van der Waals surface area contributed by atoms with Crippen molar-refractivity contribution in [3.05, 3.63) is 90.1 Å².